The van der Waals surface area contributed by atoms with Gasteiger partial charge in [-0.1, -0.05) is 42.5 Å². The number of hydrogen-bond donors (Lipinski definition) is 0. The Labute approximate surface area is 133 Å². The average molecular weight is 292 g/mol. The third-order valence-electron chi connectivity index (χ3n) is 7.70. The van der Waals surface area contributed by atoms with E-state index in [0.29, 0.717) is 5.54 Å². The van der Waals surface area contributed by atoms with Crippen LogP contribution in [0.25, 0.3) is 10.8 Å². The molecular weight excluding hydrogens is 266 g/mol. The van der Waals surface area contributed by atoms with Crippen molar-refractivity contribution in [2.45, 2.75) is 44.7 Å². The predicted octanol–water partition coefficient (Wildman–Crippen LogP) is 4.75. The van der Waals surface area contributed by atoms with Crippen LogP contribution in [0, 0.1) is 11.8 Å². The molecule has 1 nitrogen and oxygen atoms in total. The van der Waals surface area contributed by atoms with Crippen LogP contribution in [0.3, 0.4) is 0 Å². The van der Waals surface area contributed by atoms with Crippen molar-refractivity contribution in [3.63, 3.8) is 0 Å². The Morgan fingerprint density at radius 3 is 2.36 bits per heavy atom. The van der Waals surface area contributed by atoms with Crippen molar-refractivity contribution in [1.82, 2.24) is 0 Å². The van der Waals surface area contributed by atoms with Gasteiger partial charge in [-0.3, -0.25) is 0 Å². The minimum Gasteiger partial charge on any atom is -0.315 e. The normalized spacial score (nSPS) is 39.5. The number of rotatable bonds is 2. The molecular formula is C21H26N+. The Morgan fingerprint density at radius 2 is 1.59 bits per heavy atom. The van der Waals surface area contributed by atoms with Gasteiger partial charge < -0.3 is 4.48 Å². The standard InChI is InChI=1S/C21H26N/c1-21-18-9-10-19(21)12-14-22(21,13-11-18)15-17-7-4-6-16-5-2-3-8-20(16)17/h2-8,18-19H,9-15H2,1H3/q+1/t18-,19+,21?,22?. The number of benzene rings is 2. The van der Waals surface area contributed by atoms with E-state index in [9.17, 15) is 0 Å². The first-order chi connectivity index (χ1) is 10.7. The third-order valence-corrected chi connectivity index (χ3v) is 7.70. The van der Waals surface area contributed by atoms with Gasteiger partial charge in [0.15, 0.2) is 0 Å². The van der Waals surface area contributed by atoms with Gasteiger partial charge in [0.25, 0.3) is 0 Å². The molecule has 0 bridgehead atoms. The van der Waals surface area contributed by atoms with E-state index in [1.807, 2.05) is 0 Å². The van der Waals surface area contributed by atoms with Gasteiger partial charge in [-0.05, 0) is 30.5 Å². The molecule has 3 aliphatic rings. The maximum Gasteiger partial charge on any atom is 0.105 e. The molecule has 0 N–H and O–H groups in total. The lowest BCUT2D eigenvalue weighted by Crippen LogP contribution is -2.57. The Hall–Kier alpha value is -1.34. The van der Waals surface area contributed by atoms with Crippen LogP contribution in [0.15, 0.2) is 42.5 Å². The predicted molar refractivity (Wildman–Crippen MR) is 91.5 cm³/mol. The highest BCUT2D eigenvalue weighted by molar-refractivity contribution is 5.85. The van der Waals surface area contributed by atoms with Crippen LogP contribution in [0.2, 0.25) is 0 Å². The van der Waals surface area contributed by atoms with Crippen LogP contribution < -0.4 is 0 Å². The van der Waals surface area contributed by atoms with Crippen LogP contribution >= 0.6 is 0 Å². The molecule has 1 heteroatoms. The summed E-state index contributed by atoms with van der Waals surface area (Å²) in [4.78, 5) is 0. The molecule has 0 spiro atoms. The quantitative estimate of drug-likeness (QED) is 0.701. The van der Waals surface area contributed by atoms with E-state index in [4.69, 9.17) is 0 Å². The summed E-state index contributed by atoms with van der Waals surface area (Å²) in [5.74, 6) is 1.99. The highest BCUT2D eigenvalue weighted by Gasteiger charge is 2.67. The lowest BCUT2D eigenvalue weighted by molar-refractivity contribution is -0.965. The highest BCUT2D eigenvalue weighted by Crippen LogP contribution is 2.60. The third kappa shape index (κ3) is 1.48. The topological polar surface area (TPSA) is 0 Å². The first-order valence-electron chi connectivity index (χ1n) is 9.06. The molecule has 114 valence electrons. The van der Waals surface area contributed by atoms with Gasteiger partial charge in [-0.2, -0.15) is 0 Å². The summed E-state index contributed by atoms with van der Waals surface area (Å²) in [6.07, 6.45) is 5.93. The fourth-order valence-corrected chi connectivity index (χ4v) is 6.45. The molecule has 4 atom stereocenters. The Balaban J connectivity index is 1.61. The molecule has 0 aromatic heterocycles. The minimum atomic E-state index is 0.580. The smallest absolute Gasteiger partial charge is 0.105 e. The maximum absolute atomic E-state index is 2.64. The van der Waals surface area contributed by atoms with Crippen LogP contribution in [0.5, 0.6) is 0 Å². The van der Waals surface area contributed by atoms with E-state index in [2.05, 4.69) is 49.4 Å². The summed E-state index contributed by atoms with van der Waals surface area (Å²) < 4.78 is 1.39. The molecule has 0 amide bonds. The summed E-state index contributed by atoms with van der Waals surface area (Å²) in [6, 6.07) is 15.8. The van der Waals surface area contributed by atoms with Gasteiger partial charge in [-0.25, -0.2) is 0 Å². The zero-order chi connectivity index (χ0) is 14.8. The molecule has 2 aliphatic heterocycles. The molecule has 3 fully saturated rings. The van der Waals surface area contributed by atoms with E-state index in [0.717, 1.165) is 11.8 Å². The lowest BCUT2D eigenvalue weighted by atomic mass is 9.83. The molecule has 2 aromatic carbocycles. The summed E-state index contributed by atoms with van der Waals surface area (Å²) in [5.41, 5.74) is 2.16. The van der Waals surface area contributed by atoms with Crippen molar-refractivity contribution >= 4 is 10.8 Å². The largest absolute Gasteiger partial charge is 0.315 e. The van der Waals surface area contributed by atoms with Gasteiger partial charge in [0, 0.05) is 30.2 Å². The molecule has 2 aromatic rings. The number of hydrogen-bond acceptors (Lipinski definition) is 0. The SMILES string of the molecule is CC12[C@@H]3CC[C@H]1CC[N+]2(Cc1cccc2ccccc12)CC3. The van der Waals surface area contributed by atoms with Crippen molar-refractivity contribution in [2.75, 3.05) is 13.1 Å². The molecule has 5 rings (SSSR count). The highest BCUT2D eigenvalue weighted by atomic mass is 15.5. The maximum atomic E-state index is 2.64. The van der Waals surface area contributed by atoms with Crippen LogP contribution in [0.4, 0.5) is 0 Å². The second-order valence-corrected chi connectivity index (χ2v) is 8.16. The fourth-order valence-electron chi connectivity index (χ4n) is 6.45. The Bertz CT molecular complexity index is 710. The van der Waals surface area contributed by atoms with E-state index in [1.54, 1.807) is 5.56 Å². The molecule has 2 saturated heterocycles. The first-order valence-corrected chi connectivity index (χ1v) is 9.06. The van der Waals surface area contributed by atoms with Crippen LogP contribution in [-0.2, 0) is 6.54 Å². The molecule has 2 heterocycles. The molecule has 1 aliphatic carbocycles. The molecule has 2 unspecified atom stereocenters. The summed E-state index contributed by atoms with van der Waals surface area (Å²) in [6.45, 7) is 6.73. The van der Waals surface area contributed by atoms with E-state index >= 15 is 0 Å². The van der Waals surface area contributed by atoms with Gasteiger partial charge in [0.2, 0.25) is 0 Å². The zero-order valence-electron chi connectivity index (χ0n) is 13.6. The van der Waals surface area contributed by atoms with Crippen molar-refractivity contribution in [1.29, 1.82) is 0 Å². The second-order valence-electron chi connectivity index (χ2n) is 8.16. The van der Waals surface area contributed by atoms with E-state index < -0.39 is 0 Å². The Kier molecular flexibility index (Phi) is 2.60. The van der Waals surface area contributed by atoms with Crippen molar-refractivity contribution in [3.05, 3.63) is 48.0 Å². The fraction of sp³-hybridized carbons (Fsp3) is 0.524. The first kappa shape index (κ1) is 13.1. The number of fused-ring (bicyclic) bond motifs is 1. The van der Waals surface area contributed by atoms with Gasteiger partial charge in [0.05, 0.1) is 13.1 Å². The molecule has 22 heavy (non-hydrogen) atoms. The summed E-state index contributed by atoms with van der Waals surface area (Å²) in [7, 11) is 0. The van der Waals surface area contributed by atoms with Crippen molar-refractivity contribution < 1.29 is 4.48 Å². The minimum absolute atomic E-state index is 0.580. The molecule has 0 radical (unpaired) electrons. The van der Waals surface area contributed by atoms with E-state index in [-0.39, 0.29) is 0 Å². The summed E-state index contributed by atoms with van der Waals surface area (Å²) in [5, 5.41) is 2.88. The van der Waals surface area contributed by atoms with Gasteiger partial charge in [0.1, 0.15) is 12.1 Å². The van der Waals surface area contributed by atoms with Gasteiger partial charge >= 0.3 is 0 Å². The number of nitrogens with zero attached hydrogens (tertiary/aromatic N) is 1. The summed E-state index contributed by atoms with van der Waals surface area (Å²) >= 11 is 0. The van der Waals surface area contributed by atoms with Crippen LogP contribution in [0.1, 0.15) is 38.2 Å². The van der Waals surface area contributed by atoms with Gasteiger partial charge in [-0.15, -0.1) is 0 Å². The van der Waals surface area contributed by atoms with Crippen LogP contribution in [-0.4, -0.2) is 23.1 Å². The molecule has 1 saturated carbocycles. The van der Waals surface area contributed by atoms with Crippen molar-refractivity contribution in [3.8, 4) is 0 Å². The zero-order valence-corrected chi connectivity index (χ0v) is 13.6. The number of quaternary nitrogens is 1. The second kappa shape index (κ2) is 4.35. The lowest BCUT2D eigenvalue weighted by Gasteiger charge is -2.44. The average Bonchev–Trinajstić information content (AvgIpc) is 3.12. The van der Waals surface area contributed by atoms with E-state index in [1.165, 1.54) is 60.6 Å². The Morgan fingerprint density at radius 1 is 0.909 bits per heavy atom. The van der Waals surface area contributed by atoms with Crippen molar-refractivity contribution in [2.24, 2.45) is 11.8 Å². The monoisotopic (exact) mass is 292 g/mol.